The number of ether oxygens (including phenoxy) is 1. The molecule has 3 fully saturated rings. The maximum atomic E-state index is 12.4. The molecule has 0 aromatic heterocycles. The van der Waals surface area contributed by atoms with Gasteiger partial charge in [-0.3, -0.25) is 4.79 Å². The van der Waals surface area contributed by atoms with E-state index in [1.165, 1.54) is 25.7 Å². The van der Waals surface area contributed by atoms with Crippen LogP contribution in [0.2, 0.25) is 0 Å². The van der Waals surface area contributed by atoms with Crippen LogP contribution < -0.4 is 0 Å². The zero-order chi connectivity index (χ0) is 14.9. The molecule has 1 N–H and O–H groups in total. The van der Waals surface area contributed by atoms with Crippen LogP contribution in [0.5, 0.6) is 0 Å². The summed E-state index contributed by atoms with van der Waals surface area (Å²) in [7, 11) is 0. The number of carbonyl (C=O) groups is 1. The lowest BCUT2D eigenvalue weighted by Crippen LogP contribution is -2.62. The van der Waals surface area contributed by atoms with E-state index in [-0.39, 0.29) is 17.6 Å². The summed E-state index contributed by atoms with van der Waals surface area (Å²) < 4.78 is 5.78. The average Bonchev–Trinajstić information content (AvgIpc) is 3.00. The van der Waals surface area contributed by atoms with E-state index in [9.17, 15) is 9.90 Å². The molecule has 4 nitrogen and oxygen atoms in total. The smallest absolute Gasteiger partial charge is 0.222 e. The Kier molecular flexibility index (Phi) is 4.55. The van der Waals surface area contributed by atoms with Gasteiger partial charge in [0.1, 0.15) is 0 Å². The van der Waals surface area contributed by atoms with Gasteiger partial charge in [-0.25, -0.2) is 0 Å². The Labute approximate surface area is 127 Å². The second-order valence-electron chi connectivity index (χ2n) is 7.16. The molecule has 120 valence electrons. The summed E-state index contributed by atoms with van der Waals surface area (Å²) in [5.41, 5.74) is -0.0693. The SMILES string of the molecule is CCO[C@@H]1C[C@H](O)C12CCN(C(=O)CC1CCCC1)CC2. The number of aliphatic hydroxyl groups excluding tert-OH is 1. The normalized spacial score (nSPS) is 32.4. The highest BCUT2D eigenvalue weighted by Crippen LogP contribution is 2.51. The van der Waals surface area contributed by atoms with Crippen molar-refractivity contribution in [1.82, 2.24) is 4.90 Å². The van der Waals surface area contributed by atoms with E-state index >= 15 is 0 Å². The second kappa shape index (κ2) is 6.25. The zero-order valence-corrected chi connectivity index (χ0v) is 13.2. The molecular weight excluding hydrogens is 266 g/mol. The van der Waals surface area contributed by atoms with Gasteiger partial charge in [-0.05, 0) is 38.5 Å². The van der Waals surface area contributed by atoms with E-state index < -0.39 is 0 Å². The Bertz CT molecular complexity index is 368. The van der Waals surface area contributed by atoms with Crippen LogP contribution in [0.3, 0.4) is 0 Å². The average molecular weight is 295 g/mol. The summed E-state index contributed by atoms with van der Waals surface area (Å²) in [4.78, 5) is 14.4. The van der Waals surface area contributed by atoms with Gasteiger partial charge in [-0.1, -0.05) is 12.8 Å². The summed E-state index contributed by atoms with van der Waals surface area (Å²) in [6.07, 6.45) is 8.32. The third-order valence-electron chi connectivity index (χ3n) is 6.10. The van der Waals surface area contributed by atoms with Crippen LogP contribution in [-0.4, -0.2) is 47.8 Å². The number of rotatable bonds is 4. The first kappa shape index (κ1) is 15.3. The number of nitrogens with zero attached hydrogens (tertiary/aromatic N) is 1. The van der Waals surface area contributed by atoms with Gasteiger partial charge in [-0.2, -0.15) is 0 Å². The fourth-order valence-corrected chi connectivity index (χ4v) is 4.58. The first-order valence-corrected chi connectivity index (χ1v) is 8.73. The molecule has 4 heteroatoms. The molecule has 0 radical (unpaired) electrons. The Hall–Kier alpha value is -0.610. The molecule has 2 atom stereocenters. The third kappa shape index (κ3) is 2.85. The van der Waals surface area contributed by atoms with E-state index in [4.69, 9.17) is 4.74 Å². The number of piperidine rings is 1. The minimum absolute atomic E-state index is 0.0693. The minimum Gasteiger partial charge on any atom is -0.392 e. The summed E-state index contributed by atoms with van der Waals surface area (Å²) in [6.45, 7) is 4.32. The van der Waals surface area contributed by atoms with Crippen molar-refractivity contribution in [3.05, 3.63) is 0 Å². The number of hydrogen-bond donors (Lipinski definition) is 1. The van der Waals surface area contributed by atoms with Crippen molar-refractivity contribution in [3.63, 3.8) is 0 Å². The molecule has 1 spiro atoms. The molecule has 2 aliphatic carbocycles. The molecule has 1 aliphatic heterocycles. The summed E-state index contributed by atoms with van der Waals surface area (Å²) >= 11 is 0. The van der Waals surface area contributed by atoms with Gasteiger partial charge in [0.25, 0.3) is 0 Å². The molecule has 1 amide bonds. The standard InChI is InChI=1S/C17H29NO3/c1-2-21-15-12-14(19)17(15)7-9-18(10-8-17)16(20)11-13-5-3-4-6-13/h13-15,19H,2-12H2,1H3/t14-,15+/m0/s1. The zero-order valence-electron chi connectivity index (χ0n) is 13.2. The van der Waals surface area contributed by atoms with Crippen LogP contribution in [0.25, 0.3) is 0 Å². The largest absolute Gasteiger partial charge is 0.392 e. The molecular formula is C17H29NO3. The molecule has 1 heterocycles. The maximum Gasteiger partial charge on any atom is 0.222 e. The van der Waals surface area contributed by atoms with Crippen molar-refractivity contribution in [1.29, 1.82) is 0 Å². The lowest BCUT2D eigenvalue weighted by atomic mass is 9.58. The van der Waals surface area contributed by atoms with Crippen LogP contribution in [0.15, 0.2) is 0 Å². The maximum absolute atomic E-state index is 12.4. The van der Waals surface area contributed by atoms with E-state index in [2.05, 4.69) is 0 Å². The fraction of sp³-hybridized carbons (Fsp3) is 0.941. The van der Waals surface area contributed by atoms with Gasteiger partial charge in [0.2, 0.25) is 5.91 Å². The first-order chi connectivity index (χ1) is 10.2. The number of aliphatic hydroxyl groups is 1. The Balaban J connectivity index is 1.51. The van der Waals surface area contributed by atoms with Crippen LogP contribution in [0.1, 0.15) is 58.3 Å². The highest BCUT2D eigenvalue weighted by atomic mass is 16.5. The summed E-state index contributed by atoms with van der Waals surface area (Å²) in [5.74, 6) is 0.956. The molecule has 0 aromatic rings. The predicted octanol–water partition coefficient (Wildman–Crippen LogP) is 2.35. The second-order valence-corrected chi connectivity index (χ2v) is 7.16. The van der Waals surface area contributed by atoms with Crippen LogP contribution >= 0.6 is 0 Å². The van der Waals surface area contributed by atoms with Crippen molar-refractivity contribution in [2.75, 3.05) is 19.7 Å². The lowest BCUT2D eigenvalue weighted by Gasteiger charge is -2.56. The number of hydrogen-bond acceptors (Lipinski definition) is 3. The van der Waals surface area contributed by atoms with E-state index in [0.717, 1.165) is 38.8 Å². The number of amides is 1. The monoisotopic (exact) mass is 295 g/mol. The van der Waals surface area contributed by atoms with E-state index in [1.807, 2.05) is 11.8 Å². The quantitative estimate of drug-likeness (QED) is 0.866. The van der Waals surface area contributed by atoms with E-state index in [1.54, 1.807) is 0 Å². The van der Waals surface area contributed by atoms with Crippen LogP contribution in [0.4, 0.5) is 0 Å². The van der Waals surface area contributed by atoms with Crippen molar-refractivity contribution in [2.24, 2.45) is 11.3 Å². The molecule has 3 rings (SSSR count). The predicted molar refractivity (Wildman–Crippen MR) is 80.9 cm³/mol. The van der Waals surface area contributed by atoms with Crippen LogP contribution in [-0.2, 0) is 9.53 Å². The highest BCUT2D eigenvalue weighted by Gasteiger charge is 2.56. The fourth-order valence-electron chi connectivity index (χ4n) is 4.58. The van der Waals surface area contributed by atoms with E-state index in [0.29, 0.717) is 18.4 Å². The Morgan fingerprint density at radius 1 is 1.29 bits per heavy atom. The van der Waals surface area contributed by atoms with Gasteiger partial charge in [0.05, 0.1) is 12.2 Å². The van der Waals surface area contributed by atoms with Crippen molar-refractivity contribution >= 4 is 5.91 Å². The topological polar surface area (TPSA) is 49.8 Å². The third-order valence-corrected chi connectivity index (χ3v) is 6.10. The molecule has 1 saturated heterocycles. The van der Waals surface area contributed by atoms with Gasteiger partial charge < -0.3 is 14.7 Å². The summed E-state index contributed by atoms with van der Waals surface area (Å²) in [5, 5.41) is 10.2. The Morgan fingerprint density at radius 2 is 1.95 bits per heavy atom. The first-order valence-electron chi connectivity index (χ1n) is 8.73. The van der Waals surface area contributed by atoms with Crippen molar-refractivity contribution in [3.8, 4) is 0 Å². The molecule has 21 heavy (non-hydrogen) atoms. The number of carbonyl (C=O) groups excluding carboxylic acids is 1. The molecule has 2 saturated carbocycles. The molecule has 0 unspecified atom stereocenters. The van der Waals surface area contributed by atoms with Gasteiger partial charge >= 0.3 is 0 Å². The van der Waals surface area contributed by atoms with Gasteiger partial charge in [0.15, 0.2) is 0 Å². The molecule has 0 aromatic carbocycles. The Morgan fingerprint density at radius 3 is 2.52 bits per heavy atom. The minimum atomic E-state index is -0.235. The highest BCUT2D eigenvalue weighted by molar-refractivity contribution is 5.76. The van der Waals surface area contributed by atoms with Gasteiger partial charge in [-0.15, -0.1) is 0 Å². The lowest BCUT2D eigenvalue weighted by molar-refractivity contribution is -0.210. The molecule has 0 bridgehead atoms. The van der Waals surface area contributed by atoms with Gasteiger partial charge in [0, 0.05) is 38.0 Å². The van der Waals surface area contributed by atoms with Crippen LogP contribution in [0, 0.1) is 11.3 Å². The summed E-state index contributed by atoms with van der Waals surface area (Å²) in [6, 6.07) is 0. The van der Waals surface area contributed by atoms with Crippen molar-refractivity contribution < 1.29 is 14.6 Å². The van der Waals surface area contributed by atoms with Crippen molar-refractivity contribution in [2.45, 2.75) is 70.5 Å². The molecule has 3 aliphatic rings. The number of likely N-dealkylation sites (tertiary alicyclic amines) is 1.